The van der Waals surface area contributed by atoms with Gasteiger partial charge in [-0.15, -0.1) is 0 Å². The smallest absolute Gasteiger partial charge is 0.191 e. The zero-order valence-corrected chi connectivity index (χ0v) is 17.1. The molecule has 0 saturated carbocycles. The second kappa shape index (κ2) is 10.0. The molecule has 0 spiro atoms. The van der Waals surface area contributed by atoms with Crippen molar-refractivity contribution in [1.29, 1.82) is 0 Å². The minimum Gasteiger partial charge on any atom is -0.377 e. The lowest BCUT2D eigenvalue weighted by Gasteiger charge is -2.30. The second-order valence-corrected chi connectivity index (χ2v) is 7.86. The van der Waals surface area contributed by atoms with Crippen LogP contribution < -0.4 is 10.6 Å². The minimum atomic E-state index is 0.318. The van der Waals surface area contributed by atoms with Crippen LogP contribution in [0.5, 0.6) is 0 Å². The summed E-state index contributed by atoms with van der Waals surface area (Å²) in [5, 5.41) is 11.6. The molecule has 152 valence electrons. The number of aliphatic imine (C=N–C) groups is 1. The van der Waals surface area contributed by atoms with Gasteiger partial charge < -0.3 is 20.3 Å². The number of hydrogen-bond donors (Lipinski definition) is 2. The van der Waals surface area contributed by atoms with Crippen LogP contribution in [-0.2, 0) is 24.3 Å². The average molecular weight is 378 g/mol. The SMILES string of the molecule is CN=C(NCC(C)CN1CCCCC1)NC1CCc2nc(COC)nn2C1. The van der Waals surface area contributed by atoms with Crippen molar-refractivity contribution in [2.75, 3.05) is 40.3 Å². The molecule has 1 aromatic rings. The van der Waals surface area contributed by atoms with Crippen molar-refractivity contribution in [3.63, 3.8) is 0 Å². The van der Waals surface area contributed by atoms with Crippen LogP contribution in [0.2, 0.25) is 0 Å². The largest absolute Gasteiger partial charge is 0.377 e. The first-order chi connectivity index (χ1) is 13.2. The van der Waals surface area contributed by atoms with Gasteiger partial charge >= 0.3 is 0 Å². The van der Waals surface area contributed by atoms with E-state index in [2.05, 4.69) is 37.5 Å². The molecule has 2 unspecified atom stereocenters. The third kappa shape index (κ3) is 5.90. The zero-order chi connectivity index (χ0) is 19.1. The Balaban J connectivity index is 1.43. The predicted molar refractivity (Wildman–Crippen MR) is 107 cm³/mol. The van der Waals surface area contributed by atoms with E-state index in [0.717, 1.165) is 50.1 Å². The van der Waals surface area contributed by atoms with E-state index in [4.69, 9.17) is 4.74 Å². The molecule has 1 fully saturated rings. The fraction of sp³-hybridized carbons (Fsp3) is 0.842. The van der Waals surface area contributed by atoms with Crippen molar-refractivity contribution in [2.45, 2.75) is 58.2 Å². The number of aromatic nitrogens is 3. The number of ether oxygens (including phenoxy) is 1. The van der Waals surface area contributed by atoms with Crippen LogP contribution in [0.3, 0.4) is 0 Å². The predicted octanol–water partition coefficient (Wildman–Crippen LogP) is 1.03. The first kappa shape index (κ1) is 20.1. The molecule has 8 heteroatoms. The summed E-state index contributed by atoms with van der Waals surface area (Å²) < 4.78 is 7.14. The summed E-state index contributed by atoms with van der Waals surface area (Å²) >= 11 is 0. The Morgan fingerprint density at radius 3 is 2.89 bits per heavy atom. The van der Waals surface area contributed by atoms with Crippen LogP contribution in [0.15, 0.2) is 4.99 Å². The lowest BCUT2D eigenvalue weighted by Crippen LogP contribution is -2.48. The summed E-state index contributed by atoms with van der Waals surface area (Å²) in [5.74, 6) is 3.30. The number of nitrogens with one attached hydrogen (secondary N) is 2. The Labute approximate surface area is 162 Å². The Bertz CT molecular complexity index is 609. The van der Waals surface area contributed by atoms with Gasteiger partial charge in [0.15, 0.2) is 11.8 Å². The summed E-state index contributed by atoms with van der Waals surface area (Å²) in [6, 6.07) is 0.318. The number of piperidine rings is 1. The van der Waals surface area contributed by atoms with Gasteiger partial charge in [0.1, 0.15) is 12.4 Å². The molecule has 0 radical (unpaired) electrons. The molecule has 1 saturated heterocycles. The second-order valence-electron chi connectivity index (χ2n) is 7.86. The number of fused-ring (bicyclic) bond motifs is 1. The van der Waals surface area contributed by atoms with Crippen molar-refractivity contribution in [3.8, 4) is 0 Å². The van der Waals surface area contributed by atoms with Crippen molar-refractivity contribution >= 4 is 5.96 Å². The fourth-order valence-corrected chi connectivity index (χ4v) is 3.97. The molecule has 0 bridgehead atoms. The zero-order valence-electron chi connectivity index (χ0n) is 17.1. The van der Waals surface area contributed by atoms with Gasteiger partial charge in [0.05, 0.1) is 6.54 Å². The van der Waals surface area contributed by atoms with E-state index in [1.165, 1.54) is 32.4 Å². The van der Waals surface area contributed by atoms with E-state index >= 15 is 0 Å². The van der Waals surface area contributed by atoms with Crippen molar-refractivity contribution in [1.82, 2.24) is 30.3 Å². The highest BCUT2D eigenvalue weighted by Gasteiger charge is 2.22. The monoisotopic (exact) mass is 377 g/mol. The summed E-state index contributed by atoms with van der Waals surface area (Å²) in [7, 11) is 3.51. The molecular formula is C19H35N7O. The highest BCUT2D eigenvalue weighted by atomic mass is 16.5. The topological polar surface area (TPSA) is 79.6 Å². The molecule has 3 heterocycles. The average Bonchev–Trinajstić information content (AvgIpc) is 3.08. The summed E-state index contributed by atoms with van der Waals surface area (Å²) in [6.07, 6.45) is 6.05. The van der Waals surface area contributed by atoms with Gasteiger partial charge in [-0.1, -0.05) is 13.3 Å². The Hall–Kier alpha value is -1.67. The number of likely N-dealkylation sites (tertiary alicyclic amines) is 1. The standard InChI is InChI=1S/C19H35N7O/c1-15(12-25-9-5-4-6-10-25)11-21-19(20-2)22-16-7-8-18-23-17(14-27-3)24-26(18)13-16/h15-16H,4-14H2,1-3H3,(H2,20,21,22). The van der Waals surface area contributed by atoms with Crippen LogP contribution in [-0.4, -0.2) is 72.0 Å². The highest BCUT2D eigenvalue weighted by Crippen LogP contribution is 2.14. The van der Waals surface area contributed by atoms with Gasteiger partial charge in [0.2, 0.25) is 0 Å². The molecular weight excluding hydrogens is 342 g/mol. The first-order valence-corrected chi connectivity index (χ1v) is 10.3. The van der Waals surface area contributed by atoms with Gasteiger partial charge in [-0.25, -0.2) is 9.67 Å². The molecule has 2 N–H and O–H groups in total. The highest BCUT2D eigenvalue weighted by molar-refractivity contribution is 5.79. The molecule has 3 rings (SSSR count). The Morgan fingerprint density at radius 1 is 1.33 bits per heavy atom. The number of methoxy groups -OCH3 is 1. The maximum Gasteiger partial charge on any atom is 0.191 e. The quantitative estimate of drug-likeness (QED) is 0.546. The van der Waals surface area contributed by atoms with Crippen molar-refractivity contribution < 1.29 is 4.74 Å². The summed E-state index contributed by atoms with van der Waals surface area (Å²) in [5.41, 5.74) is 0. The lowest BCUT2D eigenvalue weighted by molar-refractivity contribution is 0.177. The number of rotatable bonds is 7. The minimum absolute atomic E-state index is 0.318. The van der Waals surface area contributed by atoms with Crippen LogP contribution >= 0.6 is 0 Å². The van der Waals surface area contributed by atoms with Crippen molar-refractivity contribution in [2.24, 2.45) is 10.9 Å². The van der Waals surface area contributed by atoms with E-state index in [0.29, 0.717) is 18.6 Å². The van der Waals surface area contributed by atoms with Crippen LogP contribution in [0, 0.1) is 5.92 Å². The summed E-state index contributed by atoms with van der Waals surface area (Å²) in [4.78, 5) is 11.5. The third-order valence-electron chi connectivity index (χ3n) is 5.38. The van der Waals surface area contributed by atoms with Gasteiger partial charge in [-0.2, -0.15) is 5.10 Å². The molecule has 2 aliphatic heterocycles. The third-order valence-corrected chi connectivity index (χ3v) is 5.38. The van der Waals surface area contributed by atoms with E-state index in [9.17, 15) is 0 Å². The maximum absolute atomic E-state index is 5.14. The van der Waals surface area contributed by atoms with E-state index < -0.39 is 0 Å². The molecule has 2 atom stereocenters. The normalized spacial score (nSPS) is 22.3. The molecule has 2 aliphatic rings. The molecule has 27 heavy (non-hydrogen) atoms. The maximum atomic E-state index is 5.14. The Morgan fingerprint density at radius 2 is 2.15 bits per heavy atom. The molecule has 1 aromatic heterocycles. The first-order valence-electron chi connectivity index (χ1n) is 10.3. The molecule has 0 aliphatic carbocycles. The van der Waals surface area contributed by atoms with E-state index in [-0.39, 0.29) is 0 Å². The van der Waals surface area contributed by atoms with Crippen LogP contribution in [0.25, 0.3) is 0 Å². The number of guanidine groups is 1. The van der Waals surface area contributed by atoms with Crippen LogP contribution in [0.4, 0.5) is 0 Å². The number of nitrogens with zero attached hydrogens (tertiary/aromatic N) is 5. The number of hydrogen-bond acceptors (Lipinski definition) is 5. The fourth-order valence-electron chi connectivity index (χ4n) is 3.97. The Kier molecular flexibility index (Phi) is 7.46. The van der Waals surface area contributed by atoms with E-state index in [1.807, 2.05) is 11.7 Å². The van der Waals surface area contributed by atoms with Gasteiger partial charge in [-0.3, -0.25) is 4.99 Å². The lowest BCUT2D eigenvalue weighted by atomic mass is 10.1. The molecule has 0 aromatic carbocycles. The number of aryl methyl sites for hydroxylation is 1. The molecule has 0 amide bonds. The van der Waals surface area contributed by atoms with Gasteiger partial charge in [0, 0.05) is 39.7 Å². The van der Waals surface area contributed by atoms with E-state index in [1.54, 1.807) is 7.11 Å². The van der Waals surface area contributed by atoms with Crippen LogP contribution in [0.1, 0.15) is 44.3 Å². The van der Waals surface area contributed by atoms with Gasteiger partial charge in [0.25, 0.3) is 0 Å². The van der Waals surface area contributed by atoms with Gasteiger partial charge in [-0.05, 0) is 38.3 Å². The summed E-state index contributed by atoms with van der Waals surface area (Å²) in [6.45, 7) is 8.21. The van der Waals surface area contributed by atoms with Crippen molar-refractivity contribution in [3.05, 3.63) is 11.6 Å². The molecule has 8 nitrogen and oxygen atoms in total.